The van der Waals surface area contributed by atoms with E-state index in [0.29, 0.717) is 6.54 Å². The third-order valence-electron chi connectivity index (χ3n) is 3.44. The Balaban J connectivity index is 0.00000288. The van der Waals surface area contributed by atoms with Crippen molar-refractivity contribution in [3.63, 3.8) is 0 Å². The number of hydrogen-bond acceptors (Lipinski definition) is 4. The highest BCUT2D eigenvalue weighted by atomic mass is 127. The second kappa shape index (κ2) is 9.83. The van der Waals surface area contributed by atoms with Crippen LogP contribution in [0.1, 0.15) is 21.8 Å². The molecule has 5 nitrogen and oxygen atoms in total. The van der Waals surface area contributed by atoms with E-state index >= 15 is 0 Å². The molecular formula is C17H25IN4OS. The van der Waals surface area contributed by atoms with Crippen LogP contribution >= 0.6 is 35.3 Å². The van der Waals surface area contributed by atoms with E-state index in [2.05, 4.69) is 38.6 Å². The molecule has 1 heterocycles. The quantitative estimate of drug-likeness (QED) is 0.421. The number of nitrogens with one attached hydrogen (secondary N) is 1. The number of guanidine groups is 1. The van der Waals surface area contributed by atoms with Crippen LogP contribution in [0.4, 0.5) is 0 Å². The highest BCUT2D eigenvalue weighted by molar-refractivity contribution is 14.0. The summed E-state index contributed by atoms with van der Waals surface area (Å²) in [5, 5.41) is 6.56. The van der Waals surface area contributed by atoms with Crippen LogP contribution < -0.4 is 10.1 Å². The Morgan fingerprint density at radius 1 is 1.33 bits per heavy atom. The summed E-state index contributed by atoms with van der Waals surface area (Å²) in [5.41, 5.74) is 3.42. The van der Waals surface area contributed by atoms with Crippen molar-refractivity contribution in [3.8, 4) is 5.75 Å². The Bertz CT molecular complexity index is 687. The maximum Gasteiger partial charge on any atom is 0.194 e. The molecule has 0 aliphatic heterocycles. The first-order chi connectivity index (χ1) is 11.0. The van der Waals surface area contributed by atoms with E-state index in [1.54, 1.807) is 25.5 Å². The first-order valence-corrected chi connectivity index (χ1v) is 8.37. The van der Waals surface area contributed by atoms with Gasteiger partial charge in [0.25, 0.3) is 0 Å². The summed E-state index contributed by atoms with van der Waals surface area (Å²) in [6.45, 7) is 5.52. The smallest absolute Gasteiger partial charge is 0.194 e. The molecule has 0 saturated heterocycles. The van der Waals surface area contributed by atoms with E-state index in [4.69, 9.17) is 4.74 Å². The highest BCUT2D eigenvalue weighted by Gasteiger charge is 2.09. The van der Waals surface area contributed by atoms with Crippen molar-refractivity contribution >= 4 is 41.3 Å². The minimum atomic E-state index is 0. The van der Waals surface area contributed by atoms with Crippen molar-refractivity contribution in [2.24, 2.45) is 4.99 Å². The van der Waals surface area contributed by atoms with E-state index in [0.717, 1.165) is 29.0 Å². The summed E-state index contributed by atoms with van der Waals surface area (Å²) in [6.07, 6.45) is 0. The van der Waals surface area contributed by atoms with Gasteiger partial charge in [-0.2, -0.15) is 0 Å². The van der Waals surface area contributed by atoms with Gasteiger partial charge in [0.1, 0.15) is 5.75 Å². The summed E-state index contributed by atoms with van der Waals surface area (Å²) in [5.74, 6) is 1.72. The molecule has 2 aromatic rings. The molecule has 0 amide bonds. The largest absolute Gasteiger partial charge is 0.497 e. The number of aliphatic imine (C=N–C) groups is 1. The summed E-state index contributed by atoms with van der Waals surface area (Å²) < 4.78 is 5.32. The lowest BCUT2D eigenvalue weighted by Crippen LogP contribution is -2.38. The van der Waals surface area contributed by atoms with Gasteiger partial charge < -0.3 is 15.0 Å². The molecule has 0 fully saturated rings. The summed E-state index contributed by atoms with van der Waals surface area (Å²) >= 11 is 1.67. The molecule has 0 bridgehead atoms. The average molecular weight is 460 g/mol. The minimum Gasteiger partial charge on any atom is -0.497 e. The highest BCUT2D eigenvalue weighted by Crippen LogP contribution is 2.16. The van der Waals surface area contributed by atoms with Crippen LogP contribution in [-0.4, -0.2) is 37.0 Å². The fraction of sp³-hybridized carbons (Fsp3) is 0.412. The Kier molecular flexibility index (Phi) is 8.47. The molecule has 1 aromatic carbocycles. The fourth-order valence-electron chi connectivity index (χ4n) is 2.41. The first kappa shape index (κ1) is 20.7. The molecule has 1 N–H and O–H groups in total. The number of benzene rings is 1. The first-order valence-electron chi connectivity index (χ1n) is 7.49. The standard InChI is InChI=1S/C17H24N4OS.HI/c1-12-6-14(8-16(7-12)22-5)9-19-17(18-3)21(4)10-15-11-23-13(2)20-15;/h6-8,11H,9-10H2,1-5H3,(H,18,19);1H. The molecule has 0 unspecified atom stereocenters. The topological polar surface area (TPSA) is 49.8 Å². The van der Waals surface area contributed by atoms with E-state index in [1.807, 2.05) is 26.1 Å². The summed E-state index contributed by atoms with van der Waals surface area (Å²) in [6, 6.07) is 6.21. The molecule has 2 rings (SSSR count). The molecule has 7 heteroatoms. The molecule has 1 aromatic heterocycles. The predicted octanol–water partition coefficient (Wildman–Crippen LogP) is 3.59. The average Bonchev–Trinajstić information content (AvgIpc) is 2.92. The maximum atomic E-state index is 5.32. The zero-order valence-electron chi connectivity index (χ0n) is 14.8. The van der Waals surface area contributed by atoms with Crippen molar-refractivity contribution in [1.29, 1.82) is 0 Å². The van der Waals surface area contributed by atoms with E-state index < -0.39 is 0 Å². The number of nitrogens with zero attached hydrogens (tertiary/aromatic N) is 3. The number of thiazole rings is 1. The minimum absolute atomic E-state index is 0. The summed E-state index contributed by atoms with van der Waals surface area (Å²) in [4.78, 5) is 10.9. The zero-order valence-corrected chi connectivity index (χ0v) is 17.9. The van der Waals surface area contributed by atoms with Crippen molar-refractivity contribution in [2.75, 3.05) is 21.2 Å². The normalized spacial score (nSPS) is 11.0. The zero-order chi connectivity index (χ0) is 16.8. The van der Waals surface area contributed by atoms with Gasteiger partial charge in [0.15, 0.2) is 5.96 Å². The number of ether oxygens (including phenoxy) is 1. The van der Waals surface area contributed by atoms with Crippen LogP contribution in [0.2, 0.25) is 0 Å². The van der Waals surface area contributed by atoms with E-state index in [9.17, 15) is 0 Å². The number of methoxy groups -OCH3 is 1. The van der Waals surface area contributed by atoms with Gasteiger partial charge in [-0.15, -0.1) is 35.3 Å². The van der Waals surface area contributed by atoms with Gasteiger partial charge in [0, 0.05) is 26.0 Å². The van der Waals surface area contributed by atoms with Gasteiger partial charge in [0.05, 0.1) is 24.4 Å². The number of rotatable bonds is 5. The van der Waals surface area contributed by atoms with Crippen LogP contribution in [-0.2, 0) is 13.1 Å². The number of hydrogen-bond donors (Lipinski definition) is 1. The SMILES string of the molecule is CN=C(NCc1cc(C)cc(OC)c1)N(C)Cc1csc(C)n1.I. The molecule has 0 aliphatic rings. The molecule has 0 spiro atoms. The van der Waals surface area contributed by atoms with Crippen LogP contribution in [0.25, 0.3) is 0 Å². The van der Waals surface area contributed by atoms with Crippen LogP contribution in [0.5, 0.6) is 5.75 Å². The predicted molar refractivity (Wildman–Crippen MR) is 112 cm³/mol. The lowest BCUT2D eigenvalue weighted by molar-refractivity contribution is 0.413. The molecule has 0 saturated carbocycles. The molecule has 0 radical (unpaired) electrons. The van der Waals surface area contributed by atoms with Crippen LogP contribution in [0.3, 0.4) is 0 Å². The lowest BCUT2D eigenvalue weighted by Gasteiger charge is -2.21. The number of aryl methyl sites for hydroxylation is 2. The Labute approximate surface area is 165 Å². The van der Waals surface area contributed by atoms with Gasteiger partial charge in [-0.25, -0.2) is 4.98 Å². The third kappa shape index (κ3) is 5.94. The van der Waals surface area contributed by atoms with Gasteiger partial charge in [0.2, 0.25) is 0 Å². The van der Waals surface area contributed by atoms with E-state index in [1.165, 1.54) is 11.1 Å². The Morgan fingerprint density at radius 2 is 2.08 bits per heavy atom. The summed E-state index contributed by atoms with van der Waals surface area (Å²) in [7, 11) is 5.50. The Morgan fingerprint density at radius 3 is 2.67 bits per heavy atom. The van der Waals surface area contributed by atoms with Gasteiger partial charge in [-0.3, -0.25) is 4.99 Å². The van der Waals surface area contributed by atoms with Crippen molar-refractivity contribution in [2.45, 2.75) is 26.9 Å². The van der Waals surface area contributed by atoms with Gasteiger partial charge in [-0.1, -0.05) is 6.07 Å². The molecular weight excluding hydrogens is 435 g/mol. The Hall–Kier alpha value is -1.35. The van der Waals surface area contributed by atoms with Crippen molar-refractivity contribution < 1.29 is 4.74 Å². The molecule has 0 atom stereocenters. The maximum absolute atomic E-state index is 5.32. The van der Waals surface area contributed by atoms with Gasteiger partial charge >= 0.3 is 0 Å². The van der Waals surface area contributed by atoms with E-state index in [-0.39, 0.29) is 24.0 Å². The molecule has 132 valence electrons. The van der Waals surface area contributed by atoms with Gasteiger partial charge in [-0.05, 0) is 37.1 Å². The number of halogens is 1. The van der Waals surface area contributed by atoms with Crippen LogP contribution in [0, 0.1) is 13.8 Å². The second-order valence-corrected chi connectivity index (χ2v) is 6.54. The second-order valence-electron chi connectivity index (χ2n) is 5.47. The molecule has 24 heavy (non-hydrogen) atoms. The van der Waals surface area contributed by atoms with Crippen LogP contribution in [0.15, 0.2) is 28.6 Å². The van der Waals surface area contributed by atoms with Crippen molar-refractivity contribution in [1.82, 2.24) is 15.2 Å². The molecule has 0 aliphatic carbocycles. The monoisotopic (exact) mass is 460 g/mol. The van der Waals surface area contributed by atoms with Crippen molar-refractivity contribution in [3.05, 3.63) is 45.4 Å². The third-order valence-corrected chi connectivity index (χ3v) is 4.26. The lowest BCUT2D eigenvalue weighted by atomic mass is 10.1. The fourth-order valence-corrected chi connectivity index (χ4v) is 3.01. The number of aromatic nitrogens is 1.